The van der Waals surface area contributed by atoms with Crippen LogP contribution in [0.15, 0.2) is 36.5 Å². The summed E-state index contributed by atoms with van der Waals surface area (Å²) in [6.07, 6.45) is 6.89. The molecular weight excluding hydrogens is 458 g/mol. The lowest BCUT2D eigenvalue weighted by molar-refractivity contribution is -0.626. The minimum absolute atomic E-state index is 0.0336. The Kier molecular flexibility index (Phi) is 6.08. The second-order valence-corrected chi connectivity index (χ2v) is 9.67. The molecule has 0 bridgehead atoms. The van der Waals surface area contributed by atoms with E-state index in [-0.39, 0.29) is 16.9 Å². The molecule has 3 aromatic rings. The molecule has 10 heteroatoms. The molecule has 186 valence electrons. The molecule has 2 heterocycles. The van der Waals surface area contributed by atoms with Crippen LogP contribution in [-0.2, 0) is 5.92 Å². The topological polar surface area (TPSA) is 103 Å². The number of rotatable bonds is 7. The van der Waals surface area contributed by atoms with E-state index in [2.05, 4.69) is 5.32 Å². The number of hydrogen-bond donors (Lipinski definition) is 2. The molecule has 2 aliphatic carbocycles. The van der Waals surface area contributed by atoms with Crippen LogP contribution in [-0.4, -0.2) is 33.5 Å². The lowest BCUT2D eigenvalue weighted by Crippen LogP contribution is -2.43. The molecule has 0 aliphatic heterocycles. The van der Waals surface area contributed by atoms with Crippen molar-refractivity contribution in [2.75, 3.05) is 11.9 Å². The van der Waals surface area contributed by atoms with Crippen molar-refractivity contribution in [3.8, 4) is 5.75 Å². The third kappa shape index (κ3) is 5.07. The number of hydrogen-bond acceptors (Lipinski definition) is 5. The second-order valence-electron chi connectivity index (χ2n) is 9.67. The van der Waals surface area contributed by atoms with Crippen molar-refractivity contribution in [1.82, 2.24) is 9.78 Å². The third-order valence-electron chi connectivity index (χ3n) is 6.71. The molecular formula is C25H28F2N4O4. The van der Waals surface area contributed by atoms with Crippen molar-refractivity contribution in [2.24, 2.45) is 5.92 Å². The summed E-state index contributed by atoms with van der Waals surface area (Å²) in [6.45, 7) is 1.11. The van der Waals surface area contributed by atoms with Crippen molar-refractivity contribution >= 4 is 22.5 Å². The average molecular weight is 487 g/mol. The molecule has 35 heavy (non-hydrogen) atoms. The van der Waals surface area contributed by atoms with E-state index >= 15 is 0 Å². The highest BCUT2D eigenvalue weighted by Gasteiger charge is 2.35. The first-order valence-corrected chi connectivity index (χ1v) is 11.9. The van der Waals surface area contributed by atoms with Gasteiger partial charge in [-0.05, 0) is 56.6 Å². The highest BCUT2D eigenvalue weighted by molar-refractivity contribution is 6.04. The molecule has 8 nitrogen and oxygen atoms in total. The Balaban J connectivity index is 1.45. The third-order valence-corrected chi connectivity index (χ3v) is 6.71. The minimum Gasteiger partial charge on any atom is -0.618 e. The van der Waals surface area contributed by atoms with Crippen LogP contribution in [0.5, 0.6) is 5.75 Å². The van der Waals surface area contributed by atoms with Crippen LogP contribution in [0.4, 0.5) is 14.5 Å². The van der Waals surface area contributed by atoms with Gasteiger partial charge in [0, 0.05) is 36.7 Å². The fourth-order valence-corrected chi connectivity index (χ4v) is 4.47. The first-order chi connectivity index (χ1) is 16.7. The van der Waals surface area contributed by atoms with Gasteiger partial charge in [0.2, 0.25) is 0 Å². The van der Waals surface area contributed by atoms with E-state index in [1.54, 1.807) is 12.1 Å². The number of benzene rings is 1. The lowest BCUT2D eigenvalue weighted by atomic mass is 9.93. The maximum Gasteiger partial charge on any atom is 0.328 e. The first kappa shape index (κ1) is 23.5. The Bertz CT molecular complexity index is 1240. The Morgan fingerprint density at radius 1 is 1.26 bits per heavy atom. The van der Waals surface area contributed by atoms with Gasteiger partial charge in [-0.15, -0.1) is 0 Å². The van der Waals surface area contributed by atoms with Crippen LogP contribution in [0, 0.1) is 11.1 Å². The van der Waals surface area contributed by atoms with Gasteiger partial charge in [-0.1, -0.05) is 0 Å². The number of aromatic nitrogens is 3. The summed E-state index contributed by atoms with van der Waals surface area (Å²) in [6, 6.07) is 7.12. The Morgan fingerprint density at radius 2 is 2.00 bits per heavy atom. The molecule has 0 atom stereocenters. The van der Waals surface area contributed by atoms with Crippen molar-refractivity contribution in [3.05, 3.63) is 53.1 Å². The molecule has 0 spiro atoms. The smallest absolute Gasteiger partial charge is 0.328 e. The number of halogens is 2. The van der Waals surface area contributed by atoms with Crippen molar-refractivity contribution < 1.29 is 28.1 Å². The van der Waals surface area contributed by atoms with Crippen molar-refractivity contribution in [3.63, 3.8) is 0 Å². The summed E-state index contributed by atoms with van der Waals surface area (Å²) in [5, 5.41) is 30.4. The van der Waals surface area contributed by atoms with Crippen LogP contribution < -0.4 is 14.8 Å². The Morgan fingerprint density at radius 3 is 2.69 bits per heavy atom. The van der Waals surface area contributed by atoms with E-state index in [4.69, 9.17) is 9.84 Å². The number of aliphatic hydroxyl groups is 1. The van der Waals surface area contributed by atoms with Gasteiger partial charge >= 0.3 is 11.8 Å². The van der Waals surface area contributed by atoms with E-state index in [9.17, 15) is 23.9 Å². The van der Waals surface area contributed by atoms with Gasteiger partial charge in [0.15, 0.2) is 0 Å². The van der Waals surface area contributed by atoms with Gasteiger partial charge < -0.3 is 20.4 Å². The monoisotopic (exact) mass is 486 g/mol. The predicted molar refractivity (Wildman–Crippen MR) is 124 cm³/mol. The van der Waals surface area contributed by atoms with Crippen LogP contribution in [0.3, 0.4) is 0 Å². The van der Waals surface area contributed by atoms with Crippen LogP contribution in [0.2, 0.25) is 0 Å². The zero-order valence-electron chi connectivity index (χ0n) is 19.4. The highest BCUT2D eigenvalue weighted by Crippen LogP contribution is 2.36. The molecule has 2 fully saturated rings. The number of aliphatic hydroxyl groups excluding tert-OH is 1. The van der Waals surface area contributed by atoms with E-state index in [1.807, 2.05) is 10.9 Å². The summed E-state index contributed by atoms with van der Waals surface area (Å²) in [4.78, 5) is 13.0. The maximum absolute atomic E-state index is 13.8. The number of amides is 1. The number of ether oxygens (including phenoxy) is 1. The normalized spacial score (nSPS) is 20.7. The fraction of sp³-hybridized carbons (Fsp3) is 0.480. The Hall–Kier alpha value is -3.27. The van der Waals surface area contributed by atoms with E-state index in [0.29, 0.717) is 36.4 Å². The van der Waals surface area contributed by atoms with Gasteiger partial charge in [0.25, 0.3) is 11.4 Å². The first-order valence-electron chi connectivity index (χ1n) is 11.9. The van der Waals surface area contributed by atoms with Gasteiger partial charge in [-0.2, -0.15) is 18.6 Å². The summed E-state index contributed by atoms with van der Waals surface area (Å²) in [7, 11) is 0. The van der Waals surface area contributed by atoms with E-state index in [0.717, 1.165) is 50.0 Å². The number of alkyl halides is 2. The van der Waals surface area contributed by atoms with Crippen LogP contribution >= 0.6 is 0 Å². The second kappa shape index (κ2) is 9.07. The van der Waals surface area contributed by atoms with Gasteiger partial charge in [-0.3, -0.25) is 9.48 Å². The van der Waals surface area contributed by atoms with Crippen LogP contribution in [0.25, 0.3) is 10.9 Å². The van der Waals surface area contributed by atoms with Gasteiger partial charge in [-0.25, -0.2) is 0 Å². The van der Waals surface area contributed by atoms with E-state index < -0.39 is 23.2 Å². The van der Waals surface area contributed by atoms with E-state index in [1.165, 1.54) is 12.1 Å². The summed E-state index contributed by atoms with van der Waals surface area (Å²) in [5.41, 5.74) is -0.194. The number of nitrogens with one attached hydrogen (secondary N) is 1. The number of carbonyl (C=O) groups is 1. The zero-order valence-corrected chi connectivity index (χ0v) is 19.4. The number of fused-ring (bicyclic) bond motifs is 1. The molecule has 2 aliphatic rings. The molecule has 5 rings (SSSR count). The molecule has 2 N–H and O–H groups in total. The molecule has 1 aromatic carbocycles. The SMILES string of the molecule is CC(F)(F)c1cccc(C(=O)Nc2cc3cn(C4CCC(O)CC4)nc3cc2OCC2CC2)[n+]1[O-]. The minimum atomic E-state index is -3.39. The molecule has 0 saturated heterocycles. The summed E-state index contributed by atoms with van der Waals surface area (Å²) in [5.74, 6) is -3.32. The zero-order chi connectivity index (χ0) is 24.7. The lowest BCUT2D eigenvalue weighted by Gasteiger charge is -2.25. The average Bonchev–Trinajstić information content (AvgIpc) is 3.55. The molecule has 1 amide bonds. The maximum atomic E-state index is 13.8. The molecule has 0 unspecified atom stereocenters. The standard InChI is InChI=1S/C25H28F2N4O4/c1-25(26,27)23-4-2-3-21(31(23)34)24(33)28-20-11-16-13-30(17-7-9-18(32)10-8-17)29-19(16)12-22(20)35-14-15-5-6-15/h2-4,11-13,15,17-18,32H,5-10,14H2,1H3,(H,28,33). The number of anilines is 1. The highest BCUT2D eigenvalue weighted by atomic mass is 19.3. The number of pyridine rings is 1. The quantitative estimate of drug-likeness (QED) is 0.383. The van der Waals surface area contributed by atoms with Crippen molar-refractivity contribution in [2.45, 2.75) is 63.5 Å². The van der Waals surface area contributed by atoms with Gasteiger partial charge in [0.05, 0.1) is 30.0 Å². The fourth-order valence-electron chi connectivity index (χ4n) is 4.47. The molecule has 0 radical (unpaired) electrons. The van der Waals surface area contributed by atoms with Crippen molar-refractivity contribution in [1.29, 1.82) is 0 Å². The Labute approximate surface area is 201 Å². The number of nitrogens with zero attached hydrogens (tertiary/aromatic N) is 3. The molecule has 2 saturated carbocycles. The largest absolute Gasteiger partial charge is 0.618 e. The summed E-state index contributed by atoms with van der Waals surface area (Å²) < 4.78 is 35.4. The predicted octanol–water partition coefficient (Wildman–Crippen LogP) is 4.30. The molecule has 2 aromatic heterocycles. The number of carbonyl (C=O) groups excluding carboxylic acids is 1. The van der Waals surface area contributed by atoms with Gasteiger partial charge in [0.1, 0.15) is 5.75 Å². The summed E-state index contributed by atoms with van der Waals surface area (Å²) >= 11 is 0. The van der Waals surface area contributed by atoms with Crippen LogP contribution in [0.1, 0.15) is 67.7 Å².